The van der Waals surface area contributed by atoms with Crippen LogP contribution in [0.5, 0.6) is 5.75 Å². The molecule has 0 atom stereocenters. The SMILES string of the molecule is COc1c(C(=O)NC(=S)Nc2ccc(Cl)c(-c3nc4cc(C(C)C)ccc4o3)c2)cc2ccccc2c1Br. The van der Waals surface area contributed by atoms with Gasteiger partial charge in [0.05, 0.1) is 27.7 Å². The molecule has 0 aliphatic heterocycles. The van der Waals surface area contributed by atoms with Gasteiger partial charge in [0.1, 0.15) is 11.3 Å². The molecule has 5 rings (SSSR count). The number of carbonyl (C=O) groups is 1. The summed E-state index contributed by atoms with van der Waals surface area (Å²) in [6.07, 6.45) is 0. The van der Waals surface area contributed by atoms with Crippen LogP contribution in [0, 0.1) is 0 Å². The van der Waals surface area contributed by atoms with Crippen LogP contribution >= 0.6 is 39.7 Å². The molecule has 0 saturated heterocycles. The fraction of sp³-hybridized carbons (Fsp3) is 0.138. The summed E-state index contributed by atoms with van der Waals surface area (Å²) in [4.78, 5) is 17.8. The number of nitrogens with one attached hydrogen (secondary N) is 2. The summed E-state index contributed by atoms with van der Waals surface area (Å²) >= 11 is 15.5. The van der Waals surface area contributed by atoms with Crippen LogP contribution in [0.2, 0.25) is 5.02 Å². The molecule has 1 amide bonds. The molecule has 0 saturated carbocycles. The molecule has 1 aromatic heterocycles. The Hall–Kier alpha value is -3.46. The first kappa shape index (κ1) is 26.2. The lowest BCUT2D eigenvalue weighted by Gasteiger charge is -2.15. The Morgan fingerprint density at radius 2 is 1.89 bits per heavy atom. The Bertz CT molecular complexity index is 1720. The monoisotopic (exact) mass is 607 g/mol. The highest BCUT2D eigenvalue weighted by molar-refractivity contribution is 9.10. The molecule has 6 nitrogen and oxygen atoms in total. The zero-order chi connectivity index (χ0) is 27.0. The van der Waals surface area contributed by atoms with Gasteiger partial charge in [-0.2, -0.15) is 0 Å². The first-order chi connectivity index (χ1) is 18.2. The summed E-state index contributed by atoms with van der Waals surface area (Å²) in [5, 5.41) is 8.21. The summed E-state index contributed by atoms with van der Waals surface area (Å²) in [6, 6.07) is 20.7. The van der Waals surface area contributed by atoms with Crippen molar-refractivity contribution in [3.63, 3.8) is 0 Å². The van der Waals surface area contributed by atoms with E-state index in [0.717, 1.165) is 16.3 Å². The van der Waals surface area contributed by atoms with Crippen LogP contribution in [0.3, 0.4) is 0 Å². The van der Waals surface area contributed by atoms with Crippen LogP contribution < -0.4 is 15.4 Å². The van der Waals surface area contributed by atoms with E-state index in [4.69, 9.17) is 33.0 Å². The van der Waals surface area contributed by atoms with Crippen molar-refractivity contribution in [2.75, 3.05) is 12.4 Å². The Kier molecular flexibility index (Phi) is 7.38. The maximum absolute atomic E-state index is 13.2. The van der Waals surface area contributed by atoms with Crippen molar-refractivity contribution in [1.82, 2.24) is 10.3 Å². The van der Waals surface area contributed by atoms with Gasteiger partial charge in [-0.3, -0.25) is 10.1 Å². The molecule has 0 unspecified atom stereocenters. The van der Waals surface area contributed by atoms with Gasteiger partial charge >= 0.3 is 0 Å². The number of carbonyl (C=O) groups excluding carboxylic acids is 1. The maximum atomic E-state index is 13.2. The molecule has 38 heavy (non-hydrogen) atoms. The largest absolute Gasteiger partial charge is 0.495 e. The lowest BCUT2D eigenvalue weighted by molar-refractivity contribution is 0.0975. The molecule has 5 aromatic rings. The van der Waals surface area contributed by atoms with E-state index in [1.807, 2.05) is 42.5 Å². The number of aromatic nitrogens is 1. The molecule has 1 heterocycles. The van der Waals surface area contributed by atoms with E-state index in [1.165, 1.54) is 12.7 Å². The number of oxazole rings is 1. The molecule has 0 fully saturated rings. The van der Waals surface area contributed by atoms with Crippen molar-refractivity contribution >= 4 is 78.3 Å². The molecule has 0 bridgehead atoms. The van der Waals surface area contributed by atoms with Crippen molar-refractivity contribution in [3.8, 4) is 17.2 Å². The molecular formula is C29H23BrClN3O3S. The first-order valence-electron chi connectivity index (χ1n) is 11.8. The third-order valence-electron chi connectivity index (χ3n) is 6.15. The van der Waals surface area contributed by atoms with Gasteiger partial charge in [0.15, 0.2) is 10.7 Å². The van der Waals surface area contributed by atoms with Crippen molar-refractivity contribution in [2.24, 2.45) is 0 Å². The fourth-order valence-electron chi connectivity index (χ4n) is 4.17. The maximum Gasteiger partial charge on any atom is 0.261 e. The van der Waals surface area contributed by atoms with Gasteiger partial charge in [0, 0.05) is 5.69 Å². The van der Waals surface area contributed by atoms with Crippen LogP contribution in [0.15, 0.2) is 75.6 Å². The zero-order valence-electron chi connectivity index (χ0n) is 20.8. The van der Waals surface area contributed by atoms with Gasteiger partial charge in [-0.1, -0.05) is 55.8 Å². The number of hydrogen-bond donors (Lipinski definition) is 2. The molecular weight excluding hydrogens is 586 g/mol. The Balaban J connectivity index is 1.38. The summed E-state index contributed by atoms with van der Waals surface area (Å²) in [5.74, 6) is 0.798. The number of methoxy groups -OCH3 is 1. The van der Waals surface area contributed by atoms with Crippen LogP contribution in [-0.2, 0) is 0 Å². The second-order valence-corrected chi connectivity index (χ2v) is 10.6. The highest BCUT2D eigenvalue weighted by atomic mass is 79.9. The van der Waals surface area contributed by atoms with Gasteiger partial charge < -0.3 is 14.5 Å². The van der Waals surface area contributed by atoms with E-state index >= 15 is 0 Å². The average molecular weight is 609 g/mol. The van der Waals surface area contributed by atoms with Crippen molar-refractivity contribution in [1.29, 1.82) is 0 Å². The molecule has 0 radical (unpaired) electrons. The second-order valence-electron chi connectivity index (χ2n) is 9.00. The number of rotatable bonds is 5. The van der Waals surface area contributed by atoms with E-state index in [-0.39, 0.29) is 5.11 Å². The summed E-state index contributed by atoms with van der Waals surface area (Å²) in [6.45, 7) is 4.26. The van der Waals surface area contributed by atoms with E-state index in [9.17, 15) is 4.79 Å². The van der Waals surface area contributed by atoms with Gasteiger partial charge in [-0.25, -0.2) is 4.98 Å². The number of halogens is 2. The predicted molar refractivity (Wildman–Crippen MR) is 160 cm³/mol. The molecule has 0 spiro atoms. The third kappa shape index (κ3) is 5.12. The third-order valence-corrected chi connectivity index (χ3v) is 7.47. The predicted octanol–water partition coefficient (Wildman–Crippen LogP) is 8.32. The summed E-state index contributed by atoms with van der Waals surface area (Å²) in [5.41, 5.74) is 4.19. The number of hydrogen-bond acceptors (Lipinski definition) is 5. The Morgan fingerprint density at radius 1 is 1.11 bits per heavy atom. The van der Waals surface area contributed by atoms with Crippen molar-refractivity contribution in [3.05, 3.63) is 87.4 Å². The Labute approximate surface area is 238 Å². The van der Waals surface area contributed by atoms with Gasteiger partial charge in [-0.15, -0.1) is 0 Å². The van der Waals surface area contributed by atoms with E-state index in [0.29, 0.717) is 49.5 Å². The highest BCUT2D eigenvalue weighted by Crippen LogP contribution is 2.37. The van der Waals surface area contributed by atoms with Gasteiger partial charge in [0.2, 0.25) is 5.89 Å². The first-order valence-corrected chi connectivity index (χ1v) is 13.4. The molecule has 0 aliphatic rings. The minimum atomic E-state index is -0.403. The van der Waals surface area contributed by atoms with Crippen LogP contribution in [-0.4, -0.2) is 23.1 Å². The van der Waals surface area contributed by atoms with Crippen LogP contribution in [0.25, 0.3) is 33.3 Å². The fourth-order valence-corrected chi connectivity index (χ4v) is 5.32. The minimum Gasteiger partial charge on any atom is -0.495 e. The summed E-state index contributed by atoms with van der Waals surface area (Å²) < 4.78 is 12.2. The number of ether oxygens (including phenoxy) is 1. The minimum absolute atomic E-state index is 0.119. The van der Waals surface area contributed by atoms with E-state index in [1.54, 1.807) is 24.3 Å². The second kappa shape index (κ2) is 10.7. The molecule has 9 heteroatoms. The molecule has 0 aliphatic carbocycles. The van der Waals surface area contributed by atoms with Gasteiger partial charge in [-0.05, 0) is 86.8 Å². The average Bonchev–Trinajstić information content (AvgIpc) is 3.33. The summed E-state index contributed by atoms with van der Waals surface area (Å²) in [7, 11) is 1.52. The van der Waals surface area contributed by atoms with E-state index in [2.05, 4.69) is 45.4 Å². The standard InChI is InChI=1S/C29H23BrClN3O3S/c1-15(2)16-8-11-24-23(13-16)33-28(37-24)20-14-18(9-10-22(20)31)32-29(38)34-27(35)21-12-17-6-4-5-7-19(17)25(30)26(21)36-3/h4-15H,1-3H3,(H2,32,34,35,38). The highest BCUT2D eigenvalue weighted by Gasteiger charge is 2.20. The lowest BCUT2D eigenvalue weighted by atomic mass is 10.0. The Morgan fingerprint density at radius 3 is 2.66 bits per heavy atom. The smallest absolute Gasteiger partial charge is 0.261 e. The molecule has 2 N–H and O–H groups in total. The topological polar surface area (TPSA) is 76.4 Å². The van der Waals surface area contributed by atoms with Gasteiger partial charge in [0.25, 0.3) is 5.91 Å². The lowest BCUT2D eigenvalue weighted by Crippen LogP contribution is -2.34. The number of benzene rings is 4. The molecule has 192 valence electrons. The number of nitrogens with zero attached hydrogens (tertiary/aromatic N) is 1. The normalized spacial score (nSPS) is 11.2. The van der Waals surface area contributed by atoms with E-state index < -0.39 is 5.91 Å². The molecule has 4 aromatic carbocycles. The van der Waals surface area contributed by atoms with Crippen molar-refractivity contribution < 1.29 is 13.9 Å². The van der Waals surface area contributed by atoms with Crippen LogP contribution in [0.1, 0.15) is 35.7 Å². The van der Waals surface area contributed by atoms with Crippen LogP contribution in [0.4, 0.5) is 5.69 Å². The number of thiocarbonyl (C=S) groups is 1. The quantitative estimate of drug-likeness (QED) is 0.195. The number of anilines is 1. The zero-order valence-corrected chi connectivity index (χ0v) is 23.9. The number of fused-ring (bicyclic) bond motifs is 2. The van der Waals surface area contributed by atoms with Crippen molar-refractivity contribution in [2.45, 2.75) is 19.8 Å². The number of amides is 1.